The van der Waals surface area contributed by atoms with E-state index in [4.69, 9.17) is 14.5 Å². The van der Waals surface area contributed by atoms with Gasteiger partial charge in [0.25, 0.3) is 0 Å². The number of anilines is 1. The number of benzene rings is 1. The second-order valence-electron chi connectivity index (χ2n) is 5.59. The van der Waals surface area contributed by atoms with Crippen molar-refractivity contribution in [1.82, 2.24) is 4.98 Å². The highest BCUT2D eigenvalue weighted by Gasteiger charge is 2.17. The van der Waals surface area contributed by atoms with Crippen LogP contribution in [0.1, 0.15) is 32.1 Å². The van der Waals surface area contributed by atoms with Crippen LogP contribution >= 0.6 is 11.3 Å². The van der Waals surface area contributed by atoms with Gasteiger partial charge < -0.3 is 14.8 Å². The van der Waals surface area contributed by atoms with Crippen molar-refractivity contribution >= 4 is 16.5 Å². The zero-order valence-electron chi connectivity index (χ0n) is 11.8. The Bertz CT molecular complexity index is 635. The van der Waals surface area contributed by atoms with Crippen molar-refractivity contribution in [3.05, 3.63) is 23.6 Å². The minimum atomic E-state index is 0.310. The highest BCUT2D eigenvalue weighted by Crippen LogP contribution is 2.36. The number of aromatic nitrogens is 1. The number of nitrogens with zero attached hydrogens (tertiary/aromatic N) is 1. The normalized spacial score (nSPS) is 17.9. The third kappa shape index (κ3) is 2.70. The van der Waals surface area contributed by atoms with Gasteiger partial charge in [0.1, 0.15) is 0 Å². The fraction of sp³-hybridized carbons (Fsp3) is 0.438. The van der Waals surface area contributed by atoms with Crippen LogP contribution in [-0.2, 0) is 0 Å². The lowest BCUT2D eigenvalue weighted by Crippen LogP contribution is -2.21. The molecule has 2 heterocycles. The topological polar surface area (TPSA) is 43.4 Å². The average molecular weight is 302 g/mol. The summed E-state index contributed by atoms with van der Waals surface area (Å²) >= 11 is 1.68. The first kappa shape index (κ1) is 13.0. The van der Waals surface area contributed by atoms with Gasteiger partial charge in [-0.15, -0.1) is 11.3 Å². The number of hydrogen-bond donors (Lipinski definition) is 1. The highest BCUT2D eigenvalue weighted by molar-refractivity contribution is 7.14. The number of thiazole rings is 1. The summed E-state index contributed by atoms with van der Waals surface area (Å²) in [6.45, 7) is 0.310. The molecule has 1 saturated carbocycles. The number of fused-ring (bicyclic) bond motifs is 1. The summed E-state index contributed by atoms with van der Waals surface area (Å²) in [5.74, 6) is 1.62. The van der Waals surface area contributed by atoms with Gasteiger partial charge in [0.2, 0.25) is 6.79 Å². The van der Waals surface area contributed by atoms with Crippen LogP contribution in [0.25, 0.3) is 11.3 Å². The van der Waals surface area contributed by atoms with Crippen LogP contribution in [0.2, 0.25) is 0 Å². The molecule has 0 amide bonds. The van der Waals surface area contributed by atoms with Crippen LogP contribution < -0.4 is 14.8 Å². The third-order valence-corrected chi connectivity index (χ3v) is 4.88. The van der Waals surface area contributed by atoms with E-state index >= 15 is 0 Å². The summed E-state index contributed by atoms with van der Waals surface area (Å²) < 4.78 is 10.8. The molecule has 5 heteroatoms. The van der Waals surface area contributed by atoms with Crippen molar-refractivity contribution in [3.63, 3.8) is 0 Å². The summed E-state index contributed by atoms with van der Waals surface area (Å²) in [6, 6.07) is 6.58. The van der Waals surface area contributed by atoms with Crippen LogP contribution in [0.4, 0.5) is 5.13 Å². The van der Waals surface area contributed by atoms with Crippen LogP contribution in [0.15, 0.2) is 23.6 Å². The average Bonchev–Trinajstić information content (AvgIpc) is 3.16. The molecule has 1 aromatic heterocycles. The molecular weight excluding hydrogens is 284 g/mol. The van der Waals surface area contributed by atoms with Crippen LogP contribution in [0, 0.1) is 0 Å². The maximum absolute atomic E-state index is 5.43. The van der Waals surface area contributed by atoms with Crippen LogP contribution in [0.3, 0.4) is 0 Å². The Labute approximate surface area is 128 Å². The largest absolute Gasteiger partial charge is 0.454 e. The lowest BCUT2D eigenvalue weighted by molar-refractivity contribution is 0.174. The summed E-state index contributed by atoms with van der Waals surface area (Å²) in [5.41, 5.74) is 2.07. The van der Waals surface area contributed by atoms with Gasteiger partial charge in [0.05, 0.1) is 5.69 Å². The van der Waals surface area contributed by atoms with Crippen LogP contribution in [0.5, 0.6) is 11.5 Å². The van der Waals surface area contributed by atoms with E-state index in [1.165, 1.54) is 32.1 Å². The fourth-order valence-electron chi connectivity index (χ4n) is 2.95. The summed E-state index contributed by atoms with van der Waals surface area (Å²) in [6.07, 6.45) is 6.56. The van der Waals surface area contributed by atoms with Gasteiger partial charge in [0, 0.05) is 17.0 Å². The number of nitrogens with one attached hydrogen (secondary N) is 1. The maximum Gasteiger partial charge on any atom is 0.231 e. The van der Waals surface area contributed by atoms with E-state index < -0.39 is 0 Å². The van der Waals surface area contributed by atoms with E-state index in [0.29, 0.717) is 12.8 Å². The van der Waals surface area contributed by atoms with Gasteiger partial charge in [-0.25, -0.2) is 4.98 Å². The van der Waals surface area contributed by atoms with Crippen molar-refractivity contribution in [2.24, 2.45) is 0 Å². The van der Waals surface area contributed by atoms with Crippen molar-refractivity contribution in [2.45, 2.75) is 38.1 Å². The molecule has 4 rings (SSSR count). The molecule has 0 saturated heterocycles. The second-order valence-corrected chi connectivity index (χ2v) is 6.44. The molecule has 0 atom stereocenters. The van der Waals surface area contributed by atoms with Crippen LogP contribution in [-0.4, -0.2) is 17.8 Å². The zero-order valence-corrected chi connectivity index (χ0v) is 12.6. The Morgan fingerprint density at radius 3 is 2.86 bits per heavy atom. The lowest BCUT2D eigenvalue weighted by Gasteiger charge is -2.22. The van der Waals surface area contributed by atoms with Gasteiger partial charge in [-0.2, -0.15) is 0 Å². The molecule has 21 heavy (non-hydrogen) atoms. The van der Waals surface area contributed by atoms with Crippen molar-refractivity contribution in [3.8, 4) is 22.8 Å². The van der Waals surface area contributed by atoms with Gasteiger partial charge in [-0.1, -0.05) is 19.3 Å². The monoisotopic (exact) mass is 302 g/mol. The molecule has 0 spiro atoms. The summed E-state index contributed by atoms with van der Waals surface area (Å²) in [7, 11) is 0. The second kappa shape index (κ2) is 5.56. The molecule has 2 aromatic rings. The number of hydrogen-bond acceptors (Lipinski definition) is 5. The van der Waals surface area contributed by atoms with E-state index in [1.807, 2.05) is 18.2 Å². The smallest absolute Gasteiger partial charge is 0.231 e. The van der Waals surface area contributed by atoms with Crippen molar-refractivity contribution in [1.29, 1.82) is 0 Å². The molecule has 1 N–H and O–H groups in total. The molecule has 1 fully saturated rings. The molecular formula is C16H18N2O2S. The Morgan fingerprint density at radius 2 is 1.95 bits per heavy atom. The molecule has 0 bridgehead atoms. The Kier molecular flexibility index (Phi) is 3.43. The first-order valence-electron chi connectivity index (χ1n) is 7.50. The standard InChI is InChI=1S/C16H18N2O2S/c1-2-4-12(5-3-1)17-16-18-13(9-21-16)11-6-7-14-15(8-11)20-10-19-14/h6-9,12H,1-5,10H2,(H,17,18). The van der Waals surface area contributed by atoms with E-state index in [9.17, 15) is 0 Å². The number of rotatable bonds is 3. The minimum Gasteiger partial charge on any atom is -0.454 e. The van der Waals surface area contributed by atoms with Gasteiger partial charge in [-0.3, -0.25) is 0 Å². The molecule has 2 aliphatic rings. The summed E-state index contributed by atoms with van der Waals surface area (Å²) in [4.78, 5) is 4.71. The Balaban J connectivity index is 1.51. The Hall–Kier alpha value is -1.75. The minimum absolute atomic E-state index is 0.310. The van der Waals surface area contributed by atoms with E-state index in [-0.39, 0.29) is 0 Å². The molecule has 1 aromatic carbocycles. The van der Waals surface area contributed by atoms with E-state index in [1.54, 1.807) is 11.3 Å². The predicted octanol–water partition coefficient (Wildman–Crippen LogP) is 4.28. The maximum atomic E-state index is 5.43. The first-order valence-corrected chi connectivity index (χ1v) is 8.38. The first-order chi connectivity index (χ1) is 10.4. The Morgan fingerprint density at radius 1 is 1.10 bits per heavy atom. The molecule has 1 aliphatic heterocycles. The molecule has 0 unspecified atom stereocenters. The molecule has 110 valence electrons. The van der Waals surface area contributed by atoms with E-state index in [0.717, 1.165) is 27.9 Å². The van der Waals surface area contributed by atoms with Gasteiger partial charge in [-0.05, 0) is 31.0 Å². The molecule has 4 nitrogen and oxygen atoms in total. The number of ether oxygens (including phenoxy) is 2. The van der Waals surface area contributed by atoms with Crippen molar-refractivity contribution < 1.29 is 9.47 Å². The SMILES string of the molecule is c1cc2c(cc1-c1csc(NC3CCCCC3)n1)OCO2. The van der Waals surface area contributed by atoms with Crippen molar-refractivity contribution in [2.75, 3.05) is 12.1 Å². The quantitative estimate of drug-likeness (QED) is 0.919. The highest BCUT2D eigenvalue weighted by atomic mass is 32.1. The summed E-state index contributed by atoms with van der Waals surface area (Å²) in [5, 5.41) is 6.70. The zero-order chi connectivity index (χ0) is 14.1. The third-order valence-electron chi connectivity index (χ3n) is 4.11. The van der Waals surface area contributed by atoms with Gasteiger partial charge in [0.15, 0.2) is 16.6 Å². The molecule has 0 radical (unpaired) electrons. The molecule has 1 aliphatic carbocycles. The van der Waals surface area contributed by atoms with E-state index in [2.05, 4.69) is 10.7 Å². The van der Waals surface area contributed by atoms with Gasteiger partial charge >= 0.3 is 0 Å². The fourth-order valence-corrected chi connectivity index (χ4v) is 3.75. The predicted molar refractivity (Wildman–Crippen MR) is 84.2 cm³/mol. The lowest BCUT2D eigenvalue weighted by atomic mass is 9.96.